The third-order valence-corrected chi connectivity index (χ3v) is 6.71. The molecular weight excluding hydrogens is 374 g/mol. The normalized spacial score (nSPS) is 17.9. The van der Waals surface area contributed by atoms with Crippen LogP contribution in [0.5, 0.6) is 0 Å². The second kappa shape index (κ2) is 7.01. The minimum absolute atomic E-state index is 0.0502. The zero-order valence-corrected chi connectivity index (χ0v) is 17.6. The molecule has 5 rings (SSSR count). The highest BCUT2D eigenvalue weighted by Gasteiger charge is 2.47. The fourth-order valence-electron chi connectivity index (χ4n) is 4.41. The highest BCUT2D eigenvalue weighted by molar-refractivity contribution is 5.96. The summed E-state index contributed by atoms with van der Waals surface area (Å²) in [6, 6.07) is 14.4. The number of benzene rings is 2. The standard InChI is InChI=1S/C25H27N3O2/c1-17-15-20(5-6-21(17)19-4-3-18-7-10-26-22(18)16-19)23(29)27-11-13-28(14-12-27)24(30)25(2)8-9-25/h3-7,10,15-16,26H,8-9,11-14H2,1-2H3. The number of hydrogen-bond acceptors (Lipinski definition) is 2. The zero-order valence-electron chi connectivity index (χ0n) is 17.6. The van der Waals surface area contributed by atoms with Gasteiger partial charge in [0.1, 0.15) is 0 Å². The summed E-state index contributed by atoms with van der Waals surface area (Å²) in [5.74, 6) is 0.308. The Morgan fingerprint density at radius 3 is 2.37 bits per heavy atom. The molecule has 2 aliphatic rings. The summed E-state index contributed by atoms with van der Waals surface area (Å²) >= 11 is 0. The molecule has 1 aliphatic heterocycles. The first kappa shape index (κ1) is 18.9. The van der Waals surface area contributed by atoms with E-state index >= 15 is 0 Å². The van der Waals surface area contributed by atoms with Gasteiger partial charge in [0.05, 0.1) is 0 Å². The Labute approximate surface area is 176 Å². The Hall–Kier alpha value is -3.08. The average Bonchev–Trinajstić information content (AvgIpc) is 3.34. The Balaban J connectivity index is 1.29. The van der Waals surface area contributed by atoms with Crippen LogP contribution >= 0.6 is 0 Å². The van der Waals surface area contributed by atoms with E-state index in [9.17, 15) is 9.59 Å². The van der Waals surface area contributed by atoms with E-state index in [0.29, 0.717) is 31.7 Å². The van der Waals surface area contributed by atoms with Crippen LogP contribution in [0, 0.1) is 12.3 Å². The van der Waals surface area contributed by atoms with Crippen LogP contribution in [0.3, 0.4) is 0 Å². The molecule has 2 heterocycles. The zero-order chi connectivity index (χ0) is 20.9. The van der Waals surface area contributed by atoms with Gasteiger partial charge >= 0.3 is 0 Å². The van der Waals surface area contributed by atoms with E-state index in [2.05, 4.69) is 36.2 Å². The molecule has 2 fully saturated rings. The lowest BCUT2D eigenvalue weighted by atomic mass is 9.97. The molecule has 1 aromatic heterocycles. The molecule has 1 saturated heterocycles. The number of nitrogens with zero attached hydrogens (tertiary/aromatic N) is 2. The van der Waals surface area contributed by atoms with Crippen LogP contribution < -0.4 is 0 Å². The molecule has 0 unspecified atom stereocenters. The molecule has 0 bridgehead atoms. The second-order valence-electron chi connectivity index (χ2n) is 8.95. The summed E-state index contributed by atoms with van der Waals surface area (Å²) in [5, 5.41) is 1.19. The number of piperazine rings is 1. The van der Waals surface area contributed by atoms with Crippen molar-refractivity contribution in [3.63, 3.8) is 0 Å². The number of hydrogen-bond donors (Lipinski definition) is 1. The number of fused-ring (bicyclic) bond motifs is 1. The molecule has 3 aromatic rings. The third kappa shape index (κ3) is 3.28. The molecule has 5 nitrogen and oxygen atoms in total. The van der Waals surface area contributed by atoms with Gasteiger partial charge in [-0.3, -0.25) is 9.59 Å². The molecule has 1 N–H and O–H groups in total. The van der Waals surface area contributed by atoms with Crippen molar-refractivity contribution in [1.82, 2.24) is 14.8 Å². The lowest BCUT2D eigenvalue weighted by Gasteiger charge is -2.36. The molecule has 0 atom stereocenters. The van der Waals surface area contributed by atoms with E-state index in [4.69, 9.17) is 0 Å². The maximum Gasteiger partial charge on any atom is 0.253 e. The van der Waals surface area contributed by atoms with Gasteiger partial charge in [-0.1, -0.05) is 25.1 Å². The largest absolute Gasteiger partial charge is 0.361 e. The van der Waals surface area contributed by atoms with Gasteiger partial charge < -0.3 is 14.8 Å². The number of aromatic nitrogens is 1. The van der Waals surface area contributed by atoms with Gasteiger partial charge in [-0.2, -0.15) is 0 Å². The maximum absolute atomic E-state index is 13.0. The van der Waals surface area contributed by atoms with Gasteiger partial charge in [-0.25, -0.2) is 0 Å². The third-order valence-electron chi connectivity index (χ3n) is 6.71. The monoisotopic (exact) mass is 401 g/mol. The quantitative estimate of drug-likeness (QED) is 0.714. The van der Waals surface area contributed by atoms with Crippen molar-refractivity contribution in [1.29, 1.82) is 0 Å². The topological polar surface area (TPSA) is 56.4 Å². The highest BCUT2D eigenvalue weighted by atomic mass is 16.2. The van der Waals surface area contributed by atoms with E-state index in [1.165, 1.54) is 5.39 Å². The van der Waals surface area contributed by atoms with E-state index in [-0.39, 0.29) is 17.2 Å². The summed E-state index contributed by atoms with van der Waals surface area (Å²) in [5.41, 5.74) is 5.05. The maximum atomic E-state index is 13.0. The number of aryl methyl sites for hydroxylation is 1. The highest BCUT2D eigenvalue weighted by Crippen LogP contribution is 2.46. The molecule has 1 saturated carbocycles. The molecule has 2 aromatic carbocycles. The summed E-state index contributed by atoms with van der Waals surface area (Å²) in [6.07, 6.45) is 3.93. The number of aromatic amines is 1. The van der Waals surface area contributed by atoms with Gasteiger partial charge in [-0.05, 0) is 66.1 Å². The molecule has 1 aliphatic carbocycles. The molecule has 5 heteroatoms. The van der Waals surface area contributed by atoms with E-state index in [1.54, 1.807) is 0 Å². The van der Waals surface area contributed by atoms with Crippen molar-refractivity contribution in [3.8, 4) is 11.1 Å². The van der Waals surface area contributed by atoms with Crippen molar-refractivity contribution in [2.75, 3.05) is 26.2 Å². The van der Waals surface area contributed by atoms with Crippen LogP contribution in [0.2, 0.25) is 0 Å². The summed E-state index contributed by atoms with van der Waals surface area (Å²) in [6.45, 7) is 6.57. The second-order valence-corrected chi connectivity index (χ2v) is 8.95. The molecule has 0 radical (unpaired) electrons. The van der Waals surface area contributed by atoms with Crippen molar-refractivity contribution < 1.29 is 9.59 Å². The van der Waals surface area contributed by atoms with E-state index < -0.39 is 0 Å². The average molecular weight is 402 g/mol. The van der Waals surface area contributed by atoms with Gasteiger partial charge in [0.15, 0.2) is 0 Å². The fourth-order valence-corrected chi connectivity index (χ4v) is 4.41. The number of rotatable bonds is 3. The Bertz CT molecular complexity index is 1130. The molecule has 154 valence electrons. The first-order valence-electron chi connectivity index (χ1n) is 10.7. The van der Waals surface area contributed by atoms with Crippen LogP contribution in [0.1, 0.15) is 35.7 Å². The van der Waals surface area contributed by atoms with Crippen molar-refractivity contribution in [3.05, 3.63) is 59.8 Å². The predicted molar refractivity (Wildman–Crippen MR) is 118 cm³/mol. The lowest BCUT2D eigenvalue weighted by molar-refractivity contribution is -0.137. The van der Waals surface area contributed by atoms with Crippen LogP contribution in [0.4, 0.5) is 0 Å². The van der Waals surface area contributed by atoms with Gasteiger partial charge in [0, 0.05) is 48.9 Å². The van der Waals surface area contributed by atoms with Gasteiger partial charge in [0.2, 0.25) is 5.91 Å². The fraction of sp³-hybridized carbons (Fsp3) is 0.360. The van der Waals surface area contributed by atoms with Crippen LogP contribution in [0.15, 0.2) is 48.7 Å². The first-order chi connectivity index (χ1) is 14.4. The van der Waals surface area contributed by atoms with Gasteiger partial charge in [-0.15, -0.1) is 0 Å². The summed E-state index contributed by atoms with van der Waals surface area (Å²) in [4.78, 5) is 32.6. The Kier molecular flexibility index (Phi) is 4.42. The number of H-pyrrole nitrogens is 1. The summed E-state index contributed by atoms with van der Waals surface area (Å²) in [7, 11) is 0. The van der Waals surface area contributed by atoms with Crippen molar-refractivity contribution in [2.24, 2.45) is 5.41 Å². The van der Waals surface area contributed by atoms with E-state index in [0.717, 1.165) is 35.0 Å². The number of nitrogens with one attached hydrogen (secondary N) is 1. The minimum atomic E-state index is -0.137. The first-order valence-corrected chi connectivity index (χ1v) is 10.7. The van der Waals surface area contributed by atoms with Crippen LogP contribution in [0.25, 0.3) is 22.0 Å². The number of carbonyl (C=O) groups is 2. The SMILES string of the molecule is Cc1cc(C(=O)N2CCN(C(=O)C3(C)CC3)CC2)ccc1-c1ccc2cc[nH]c2c1. The van der Waals surface area contributed by atoms with Crippen LogP contribution in [-0.4, -0.2) is 52.8 Å². The van der Waals surface area contributed by atoms with Gasteiger partial charge in [0.25, 0.3) is 5.91 Å². The smallest absolute Gasteiger partial charge is 0.253 e. The number of carbonyl (C=O) groups excluding carboxylic acids is 2. The lowest BCUT2D eigenvalue weighted by Crippen LogP contribution is -2.52. The van der Waals surface area contributed by atoms with E-state index in [1.807, 2.05) is 41.1 Å². The molecule has 2 amide bonds. The summed E-state index contributed by atoms with van der Waals surface area (Å²) < 4.78 is 0. The molecular formula is C25H27N3O2. The number of amides is 2. The van der Waals surface area contributed by atoms with Crippen LogP contribution in [-0.2, 0) is 4.79 Å². The Morgan fingerprint density at radius 2 is 1.67 bits per heavy atom. The molecule has 30 heavy (non-hydrogen) atoms. The molecule has 0 spiro atoms. The van der Waals surface area contributed by atoms with Crippen molar-refractivity contribution in [2.45, 2.75) is 26.7 Å². The minimum Gasteiger partial charge on any atom is -0.361 e. The predicted octanol–water partition coefficient (Wildman–Crippen LogP) is 4.23. The van der Waals surface area contributed by atoms with Crippen molar-refractivity contribution >= 4 is 22.7 Å². The Morgan fingerprint density at radius 1 is 0.933 bits per heavy atom.